The fourth-order valence-electron chi connectivity index (χ4n) is 3.02. The van der Waals surface area contributed by atoms with Crippen molar-refractivity contribution in [1.82, 2.24) is 4.98 Å². The van der Waals surface area contributed by atoms with E-state index in [1.54, 1.807) is 12.3 Å². The molecule has 3 nitrogen and oxygen atoms in total. The van der Waals surface area contributed by atoms with Crippen molar-refractivity contribution in [3.05, 3.63) is 32.9 Å². The quantitative estimate of drug-likeness (QED) is 0.739. The minimum absolute atomic E-state index is 0.0197. The van der Waals surface area contributed by atoms with Gasteiger partial charge in [-0.25, -0.2) is 4.98 Å². The van der Waals surface area contributed by atoms with Crippen molar-refractivity contribution >= 4 is 33.3 Å². The Hall–Kier alpha value is -1.05. The summed E-state index contributed by atoms with van der Waals surface area (Å²) in [6.45, 7) is 0.855. The third kappa shape index (κ3) is 1.65. The normalized spacial score (nSPS) is 27.3. The molecule has 1 N–H and O–H groups in total. The Morgan fingerprint density at radius 2 is 2.44 bits per heavy atom. The van der Waals surface area contributed by atoms with Crippen molar-refractivity contribution in [2.24, 2.45) is 0 Å². The van der Waals surface area contributed by atoms with E-state index in [0.29, 0.717) is 0 Å². The first kappa shape index (κ1) is 12.0. The van der Waals surface area contributed by atoms with E-state index in [9.17, 15) is 0 Å². The highest BCUT2D eigenvalue weighted by Gasteiger charge is 2.45. The van der Waals surface area contributed by atoms with E-state index in [2.05, 4.69) is 32.3 Å². The first-order valence-electron chi connectivity index (χ1n) is 5.82. The van der Waals surface area contributed by atoms with Crippen molar-refractivity contribution in [1.29, 1.82) is 5.26 Å². The van der Waals surface area contributed by atoms with Crippen LogP contribution in [0.25, 0.3) is 0 Å². The van der Waals surface area contributed by atoms with Crippen molar-refractivity contribution in [3.8, 4) is 6.07 Å². The number of fused-ring (bicyclic) bond motifs is 2. The molecule has 0 saturated heterocycles. The largest absolute Gasteiger partial charge is 0.369 e. The highest BCUT2D eigenvalue weighted by Crippen LogP contribution is 2.52. The molecule has 1 spiro atoms. The highest BCUT2D eigenvalue weighted by atomic mass is 79.9. The van der Waals surface area contributed by atoms with E-state index < -0.39 is 0 Å². The number of halogens is 2. The molecule has 0 aromatic carbocycles. The fourth-order valence-corrected chi connectivity index (χ4v) is 3.65. The lowest BCUT2D eigenvalue weighted by Crippen LogP contribution is -2.24. The van der Waals surface area contributed by atoms with Crippen LogP contribution in [-0.4, -0.2) is 11.5 Å². The second-order valence-corrected chi connectivity index (χ2v) is 6.12. The maximum atomic E-state index is 8.76. The van der Waals surface area contributed by atoms with Crippen LogP contribution in [0.5, 0.6) is 0 Å². The number of nitriles is 1. The zero-order valence-electron chi connectivity index (χ0n) is 9.63. The van der Waals surface area contributed by atoms with Gasteiger partial charge in [0.05, 0.1) is 15.6 Å². The van der Waals surface area contributed by atoms with Gasteiger partial charge in [0.15, 0.2) is 0 Å². The van der Waals surface area contributed by atoms with Gasteiger partial charge in [-0.05, 0) is 35.2 Å². The summed E-state index contributed by atoms with van der Waals surface area (Å²) in [6.07, 6.45) is 6.30. The maximum absolute atomic E-state index is 8.76. The van der Waals surface area contributed by atoms with Gasteiger partial charge in [-0.1, -0.05) is 17.2 Å². The van der Waals surface area contributed by atoms with Gasteiger partial charge in [0.2, 0.25) is 0 Å². The van der Waals surface area contributed by atoms with Crippen LogP contribution >= 0.6 is 27.5 Å². The van der Waals surface area contributed by atoms with Gasteiger partial charge in [-0.2, -0.15) is 5.26 Å². The lowest BCUT2D eigenvalue weighted by molar-refractivity contribution is 0.496. The van der Waals surface area contributed by atoms with E-state index in [4.69, 9.17) is 16.9 Å². The lowest BCUT2D eigenvalue weighted by atomic mass is 9.81. The average Bonchev–Trinajstić information content (AvgIpc) is 2.91. The number of anilines is 1. The Balaban J connectivity index is 2.08. The van der Waals surface area contributed by atoms with Crippen LogP contribution in [0.15, 0.2) is 22.3 Å². The Labute approximate surface area is 119 Å². The lowest BCUT2D eigenvalue weighted by Gasteiger charge is -2.23. The molecule has 2 heterocycles. The summed E-state index contributed by atoms with van der Waals surface area (Å²) in [5.41, 5.74) is 2.34. The molecule has 1 unspecified atom stereocenters. The minimum Gasteiger partial charge on any atom is -0.369 e. The van der Waals surface area contributed by atoms with E-state index in [-0.39, 0.29) is 5.41 Å². The number of pyridine rings is 1. The van der Waals surface area contributed by atoms with E-state index in [0.717, 1.165) is 46.7 Å². The molecule has 1 atom stereocenters. The summed E-state index contributed by atoms with van der Waals surface area (Å²) in [7, 11) is 0. The third-order valence-corrected chi connectivity index (χ3v) is 5.08. The van der Waals surface area contributed by atoms with Gasteiger partial charge in [0, 0.05) is 29.8 Å². The van der Waals surface area contributed by atoms with Crippen LogP contribution < -0.4 is 5.32 Å². The molecule has 2 aliphatic rings. The Kier molecular flexibility index (Phi) is 2.84. The molecule has 18 heavy (non-hydrogen) atoms. The second kappa shape index (κ2) is 4.25. The molecular formula is C13H11BrClN3. The first-order chi connectivity index (χ1) is 8.66. The second-order valence-electron chi connectivity index (χ2n) is 4.89. The van der Waals surface area contributed by atoms with Gasteiger partial charge in [0.25, 0.3) is 0 Å². The number of rotatable bonds is 0. The molecular weight excluding hydrogens is 314 g/mol. The van der Waals surface area contributed by atoms with Gasteiger partial charge in [-0.15, -0.1) is 0 Å². The van der Waals surface area contributed by atoms with Gasteiger partial charge in [0.1, 0.15) is 5.82 Å². The van der Waals surface area contributed by atoms with Gasteiger partial charge >= 0.3 is 0 Å². The zero-order chi connectivity index (χ0) is 12.8. The molecule has 1 fully saturated rings. The molecule has 0 bridgehead atoms. The van der Waals surface area contributed by atoms with E-state index in [1.807, 2.05) is 0 Å². The number of hydrogen-bond acceptors (Lipinski definition) is 3. The molecule has 92 valence electrons. The molecule has 1 saturated carbocycles. The predicted octanol–water partition coefficient (Wildman–Crippen LogP) is 3.79. The fraction of sp³-hybridized carbons (Fsp3) is 0.385. The van der Waals surface area contributed by atoms with Crippen molar-refractivity contribution in [2.45, 2.75) is 24.7 Å². The molecule has 1 aliphatic heterocycles. The minimum atomic E-state index is 0.0197. The first-order valence-corrected chi connectivity index (χ1v) is 6.99. The molecule has 3 rings (SSSR count). The average molecular weight is 325 g/mol. The van der Waals surface area contributed by atoms with Crippen LogP contribution in [0.4, 0.5) is 5.82 Å². The monoisotopic (exact) mass is 323 g/mol. The molecule has 0 radical (unpaired) electrons. The van der Waals surface area contributed by atoms with Crippen LogP contribution in [0.2, 0.25) is 5.02 Å². The summed E-state index contributed by atoms with van der Waals surface area (Å²) in [5, 5.41) is 12.9. The third-order valence-electron chi connectivity index (χ3n) is 3.86. The van der Waals surface area contributed by atoms with Crippen molar-refractivity contribution in [3.63, 3.8) is 0 Å². The smallest absolute Gasteiger partial charge is 0.131 e. The molecule has 1 aliphatic carbocycles. The molecule has 5 heteroatoms. The zero-order valence-corrected chi connectivity index (χ0v) is 12.0. The standard InChI is InChI=1S/C13H11BrClN3/c14-9-6-17-12-10(11(9)15)13(7-18-12)3-1-8(5-13)2-4-16/h2,6H,1,3,5,7H2,(H,17,18). The van der Waals surface area contributed by atoms with Crippen LogP contribution in [0.3, 0.4) is 0 Å². The number of aromatic nitrogens is 1. The van der Waals surface area contributed by atoms with Crippen LogP contribution in [-0.2, 0) is 5.41 Å². The van der Waals surface area contributed by atoms with Crippen molar-refractivity contribution < 1.29 is 0 Å². The summed E-state index contributed by atoms with van der Waals surface area (Å²) < 4.78 is 0.837. The summed E-state index contributed by atoms with van der Waals surface area (Å²) in [5.74, 6) is 0.890. The van der Waals surface area contributed by atoms with Crippen LogP contribution in [0.1, 0.15) is 24.8 Å². The number of nitrogens with one attached hydrogen (secondary N) is 1. The molecule has 0 amide bonds. The maximum Gasteiger partial charge on any atom is 0.131 e. The predicted molar refractivity (Wildman–Crippen MR) is 74.7 cm³/mol. The summed E-state index contributed by atoms with van der Waals surface area (Å²) in [6, 6.07) is 2.13. The van der Waals surface area contributed by atoms with E-state index in [1.165, 1.54) is 5.57 Å². The summed E-state index contributed by atoms with van der Waals surface area (Å²) in [4.78, 5) is 4.38. The number of hydrogen-bond donors (Lipinski definition) is 1. The Morgan fingerprint density at radius 1 is 1.61 bits per heavy atom. The number of nitrogens with zero attached hydrogens (tertiary/aromatic N) is 2. The molecule has 1 aromatic rings. The number of allylic oxidation sites excluding steroid dienone is 2. The van der Waals surface area contributed by atoms with E-state index >= 15 is 0 Å². The highest BCUT2D eigenvalue weighted by molar-refractivity contribution is 9.10. The topological polar surface area (TPSA) is 48.7 Å². The summed E-state index contributed by atoms with van der Waals surface area (Å²) >= 11 is 9.86. The Morgan fingerprint density at radius 3 is 3.22 bits per heavy atom. The van der Waals surface area contributed by atoms with Crippen molar-refractivity contribution in [2.75, 3.05) is 11.9 Å². The SMILES string of the molecule is N#CC=C1CCC2(CNc3ncc(Br)c(Cl)c32)C1. The van der Waals surface area contributed by atoms with Crippen LogP contribution in [0, 0.1) is 11.3 Å². The van der Waals surface area contributed by atoms with Gasteiger partial charge in [-0.3, -0.25) is 0 Å². The van der Waals surface area contributed by atoms with Gasteiger partial charge < -0.3 is 5.32 Å². The Bertz CT molecular complexity index is 591. The molecule has 1 aromatic heterocycles.